The predicted molar refractivity (Wildman–Crippen MR) is 118 cm³/mol. The number of amides is 1. The van der Waals surface area contributed by atoms with Crippen molar-refractivity contribution in [1.82, 2.24) is 19.7 Å². The number of nitrogens with one attached hydrogen (secondary N) is 1. The van der Waals surface area contributed by atoms with E-state index in [4.69, 9.17) is 16.0 Å². The van der Waals surface area contributed by atoms with Crippen LogP contribution in [-0.2, 0) is 11.3 Å². The standard InChI is InChI=1S/C21H20ClN5O2S/c1-13(2)19-25-26-20(29-19)24-18(28)12-30-21-23-16-10-15(22)8-9-17(16)27(21)11-14-6-4-3-5-7-14/h3-10,13H,11-12H2,1-2H3,(H,24,26,28). The van der Waals surface area contributed by atoms with Crippen molar-refractivity contribution in [2.45, 2.75) is 31.5 Å². The summed E-state index contributed by atoms with van der Waals surface area (Å²) in [6, 6.07) is 15.8. The summed E-state index contributed by atoms with van der Waals surface area (Å²) in [5.74, 6) is 0.502. The first-order valence-electron chi connectivity index (χ1n) is 9.45. The number of aromatic nitrogens is 4. The van der Waals surface area contributed by atoms with Crippen LogP contribution in [0.25, 0.3) is 11.0 Å². The summed E-state index contributed by atoms with van der Waals surface area (Å²) >= 11 is 7.48. The van der Waals surface area contributed by atoms with Gasteiger partial charge in [0.25, 0.3) is 0 Å². The summed E-state index contributed by atoms with van der Waals surface area (Å²) in [5.41, 5.74) is 2.90. The van der Waals surface area contributed by atoms with E-state index < -0.39 is 0 Å². The molecule has 0 spiro atoms. The van der Waals surface area contributed by atoms with Gasteiger partial charge in [0.2, 0.25) is 11.8 Å². The number of thioether (sulfide) groups is 1. The zero-order valence-electron chi connectivity index (χ0n) is 16.5. The fraction of sp³-hybridized carbons (Fsp3) is 0.238. The molecular weight excluding hydrogens is 422 g/mol. The van der Waals surface area contributed by atoms with E-state index in [0.29, 0.717) is 17.5 Å². The van der Waals surface area contributed by atoms with Crippen LogP contribution in [0.4, 0.5) is 6.01 Å². The first-order valence-corrected chi connectivity index (χ1v) is 10.8. The molecule has 0 bridgehead atoms. The summed E-state index contributed by atoms with van der Waals surface area (Å²) < 4.78 is 7.52. The van der Waals surface area contributed by atoms with Crippen molar-refractivity contribution in [2.75, 3.05) is 11.1 Å². The van der Waals surface area contributed by atoms with E-state index in [1.165, 1.54) is 11.8 Å². The van der Waals surface area contributed by atoms with Crippen LogP contribution in [0.15, 0.2) is 58.1 Å². The van der Waals surface area contributed by atoms with Crippen LogP contribution in [0, 0.1) is 0 Å². The Bertz CT molecular complexity index is 1170. The molecule has 1 N–H and O–H groups in total. The maximum absolute atomic E-state index is 12.4. The van der Waals surface area contributed by atoms with E-state index in [2.05, 4.69) is 37.2 Å². The Hall–Kier alpha value is -2.84. The number of halogens is 1. The van der Waals surface area contributed by atoms with Crippen molar-refractivity contribution >= 4 is 46.3 Å². The average Bonchev–Trinajstić information content (AvgIpc) is 3.32. The highest BCUT2D eigenvalue weighted by Gasteiger charge is 2.16. The molecule has 0 radical (unpaired) electrons. The van der Waals surface area contributed by atoms with Gasteiger partial charge in [-0.15, -0.1) is 5.10 Å². The van der Waals surface area contributed by atoms with Gasteiger partial charge >= 0.3 is 6.01 Å². The van der Waals surface area contributed by atoms with Crippen LogP contribution in [-0.4, -0.2) is 31.4 Å². The van der Waals surface area contributed by atoms with Gasteiger partial charge in [0.1, 0.15) is 0 Å². The number of benzene rings is 2. The molecule has 4 rings (SSSR count). The SMILES string of the molecule is CC(C)c1nnc(NC(=O)CSc2nc3cc(Cl)ccc3n2Cc2ccccc2)o1. The Morgan fingerprint density at radius 2 is 2.00 bits per heavy atom. The highest BCUT2D eigenvalue weighted by Crippen LogP contribution is 2.27. The second kappa shape index (κ2) is 8.89. The van der Waals surface area contributed by atoms with Gasteiger partial charge < -0.3 is 8.98 Å². The predicted octanol–water partition coefficient (Wildman–Crippen LogP) is 4.98. The molecule has 2 aromatic heterocycles. The zero-order chi connectivity index (χ0) is 21.1. The van der Waals surface area contributed by atoms with Crippen LogP contribution in [0.5, 0.6) is 0 Å². The summed E-state index contributed by atoms with van der Waals surface area (Å²) in [7, 11) is 0. The minimum absolute atomic E-state index is 0.0993. The van der Waals surface area contributed by atoms with Crippen molar-refractivity contribution in [1.29, 1.82) is 0 Å². The molecule has 0 fully saturated rings. The maximum atomic E-state index is 12.4. The molecule has 1 amide bonds. The quantitative estimate of drug-likeness (QED) is 0.407. The topological polar surface area (TPSA) is 85.8 Å². The molecule has 0 aliphatic carbocycles. The minimum atomic E-state index is -0.240. The van der Waals surface area contributed by atoms with E-state index in [-0.39, 0.29) is 23.6 Å². The van der Waals surface area contributed by atoms with Crippen LogP contribution in [0.3, 0.4) is 0 Å². The molecule has 30 heavy (non-hydrogen) atoms. The fourth-order valence-corrected chi connectivity index (χ4v) is 3.89. The molecule has 0 unspecified atom stereocenters. The number of imidazole rings is 1. The monoisotopic (exact) mass is 441 g/mol. The lowest BCUT2D eigenvalue weighted by Crippen LogP contribution is -2.15. The van der Waals surface area contributed by atoms with Gasteiger partial charge in [-0.25, -0.2) is 4.98 Å². The number of fused-ring (bicyclic) bond motifs is 1. The van der Waals surface area contributed by atoms with Gasteiger partial charge in [0, 0.05) is 10.9 Å². The normalized spacial score (nSPS) is 11.3. The van der Waals surface area contributed by atoms with Gasteiger partial charge in [-0.05, 0) is 23.8 Å². The third-order valence-electron chi connectivity index (χ3n) is 4.37. The second-order valence-corrected chi connectivity index (χ2v) is 8.42. The molecule has 7 nitrogen and oxygen atoms in total. The van der Waals surface area contributed by atoms with E-state index in [9.17, 15) is 4.79 Å². The molecule has 2 aromatic carbocycles. The largest absolute Gasteiger partial charge is 0.408 e. The van der Waals surface area contributed by atoms with Crippen molar-refractivity contribution in [3.05, 3.63) is 65.0 Å². The molecule has 0 saturated heterocycles. The molecule has 0 aliphatic rings. The minimum Gasteiger partial charge on any atom is -0.408 e. The summed E-state index contributed by atoms with van der Waals surface area (Å²) in [5, 5.41) is 11.8. The van der Waals surface area contributed by atoms with Crippen LogP contribution >= 0.6 is 23.4 Å². The summed E-state index contributed by atoms with van der Waals surface area (Å²) in [6.07, 6.45) is 0. The van der Waals surface area contributed by atoms with Gasteiger partial charge in [0.05, 0.1) is 23.3 Å². The maximum Gasteiger partial charge on any atom is 0.322 e. The Morgan fingerprint density at radius 3 is 2.73 bits per heavy atom. The Morgan fingerprint density at radius 1 is 1.20 bits per heavy atom. The molecule has 2 heterocycles. The Labute approximate surface area is 182 Å². The molecule has 154 valence electrons. The first kappa shape index (κ1) is 20.4. The number of rotatable bonds is 7. The van der Waals surface area contributed by atoms with Crippen molar-refractivity contribution in [3.63, 3.8) is 0 Å². The summed E-state index contributed by atoms with van der Waals surface area (Å²) in [6.45, 7) is 4.53. The van der Waals surface area contributed by atoms with E-state index in [1.807, 2.05) is 50.2 Å². The number of hydrogen-bond donors (Lipinski definition) is 1. The van der Waals surface area contributed by atoms with Crippen molar-refractivity contribution in [3.8, 4) is 0 Å². The molecule has 4 aromatic rings. The number of anilines is 1. The highest BCUT2D eigenvalue weighted by molar-refractivity contribution is 7.99. The third kappa shape index (κ3) is 4.66. The smallest absolute Gasteiger partial charge is 0.322 e. The lowest BCUT2D eigenvalue weighted by Gasteiger charge is -2.09. The lowest BCUT2D eigenvalue weighted by atomic mass is 10.2. The Balaban J connectivity index is 1.52. The van der Waals surface area contributed by atoms with Crippen molar-refractivity contribution < 1.29 is 9.21 Å². The van der Waals surface area contributed by atoms with Crippen molar-refractivity contribution in [2.24, 2.45) is 0 Å². The fourth-order valence-electron chi connectivity index (χ4n) is 2.91. The number of nitrogens with zero attached hydrogens (tertiary/aromatic N) is 4. The van der Waals surface area contributed by atoms with Gasteiger partial charge in [0.15, 0.2) is 5.16 Å². The van der Waals surface area contributed by atoms with Gasteiger partial charge in [-0.1, -0.05) is 72.6 Å². The van der Waals surface area contributed by atoms with Gasteiger partial charge in [-0.2, -0.15) is 0 Å². The number of hydrogen-bond acceptors (Lipinski definition) is 6. The number of carbonyl (C=O) groups excluding carboxylic acids is 1. The molecule has 0 saturated carbocycles. The van der Waals surface area contributed by atoms with Crippen LogP contribution in [0.1, 0.15) is 31.2 Å². The summed E-state index contributed by atoms with van der Waals surface area (Å²) in [4.78, 5) is 17.1. The van der Waals surface area contributed by atoms with Gasteiger partial charge in [-0.3, -0.25) is 10.1 Å². The second-order valence-electron chi connectivity index (χ2n) is 7.04. The number of carbonyl (C=O) groups is 1. The molecule has 0 atom stereocenters. The van der Waals surface area contributed by atoms with E-state index in [0.717, 1.165) is 21.8 Å². The molecular formula is C21H20ClN5O2S. The average molecular weight is 442 g/mol. The van der Waals surface area contributed by atoms with Crippen LogP contribution < -0.4 is 5.32 Å². The van der Waals surface area contributed by atoms with E-state index in [1.54, 1.807) is 0 Å². The van der Waals surface area contributed by atoms with Crippen LogP contribution in [0.2, 0.25) is 5.02 Å². The zero-order valence-corrected chi connectivity index (χ0v) is 18.1. The first-order chi connectivity index (χ1) is 14.5. The van der Waals surface area contributed by atoms with E-state index >= 15 is 0 Å². The highest BCUT2D eigenvalue weighted by atomic mass is 35.5. The lowest BCUT2D eigenvalue weighted by molar-refractivity contribution is -0.113. The third-order valence-corrected chi connectivity index (χ3v) is 5.58. The molecule has 0 aliphatic heterocycles. The molecule has 9 heteroatoms. The Kier molecular flexibility index (Phi) is 6.06.